The average molecular weight is 304 g/mol. The Morgan fingerprint density at radius 3 is 2.32 bits per heavy atom. The highest BCUT2D eigenvalue weighted by atomic mass is 16.2. The maximum atomic E-state index is 12.8. The van der Waals surface area contributed by atoms with Crippen LogP contribution in [0.2, 0.25) is 0 Å². The molecular weight excluding hydrogens is 272 g/mol. The average Bonchev–Trinajstić information content (AvgIpc) is 3.19. The lowest BCUT2D eigenvalue weighted by Crippen LogP contribution is -2.52. The summed E-state index contributed by atoms with van der Waals surface area (Å²) in [5.74, 6) is 1.88. The highest BCUT2D eigenvalue weighted by Crippen LogP contribution is 2.42. The van der Waals surface area contributed by atoms with Gasteiger partial charge in [0.1, 0.15) is 0 Å². The van der Waals surface area contributed by atoms with Crippen molar-refractivity contribution in [2.24, 2.45) is 17.3 Å². The summed E-state index contributed by atoms with van der Waals surface area (Å²) >= 11 is 0. The standard InChI is InChI=1S/C19H32N2O/c22-18(17-4-1-2-5-17)21-11-3-8-19(15-21)9-12-20(13-10-19)14-16-6-7-16/h16-17H,1-15H2. The van der Waals surface area contributed by atoms with Crippen LogP contribution in [0.5, 0.6) is 0 Å². The predicted molar refractivity (Wildman–Crippen MR) is 88.6 cm³/mol. The molecule has 0 N–H and O–H groups in total. The van der Waals surface area contributed by atoms with Gasteiger partial charge in [-0.3, -0.25) is 4.79 Å². The molecular formula is C19H32N2O. The second-order valence-corrected chi connectivity index (χ2v) is 8.59. The molecule has 2 saturated heterocycles. The number of amides is 1. The van der Waals surface area contributed by atoms with Crippen LogP contribution in [0.4, 0.5) is 0 Å². The van der Waals surface area contributed by atoms with E-state index in [1.165, 1.54) is 71.0 Å². The molecule has 2 aliphatic carbocycles. The molecule has 2 heterocycles. The summed E-state index contributed by atoms with van der Waals surface area (Å²) in [6, 6.07) is 0. The number of hydrogen-bond donors (Lipinski definition) is 0. The van der Waals surface area contributed by atoms with Crippen LogP contribution in [0, 0.1) is 17.3 Å². The summed E-state index contributed by atoms with van der Waals surface area (Å²) in [5.41, 5.74) is 0.465. The molecule has 3 nitrogen and oxygen atoms in total. The van der Waals surface area contributed by atoms with Crippen molar-refractivity contribution in [2.75, 3.05) is 32.7 Å². The van der Waals surface area contributed by atoms with Crippen molar-refractivity contribution in [3.8, 4) is 0 Å². The van der Waals surface area contributed by atoms with Gasteiger partial charge in [0.25, 0.3) is 0 Å². The van der Waals surface area contributed by atoms with Gasteiger partial charge >= 0.3 is 0 Å². The first kappa shape index (κ1) is 15.0. The lowest BCUT2D eigenvalue weighted by atomic mass is 9.72. The molecule has 2 saturated carbocycles. The molecule has 2 aliphatic heterocycles. The minimum atomic E-state index is 0.366. The van der Waals surface area contributed by atoms with E-state index in [0.29, 0.717) is 17.2 Å². The molecule has 4 rings (SSSR count). The zero-order chi connectivity index (χ0) is 15.0. The van der Waals surface area contributed by atoms with Crippen molar-refractivity contribution in [2.45, 2.75) is 64.2 Å². The molecule has 0 bridgehead atoms. The van der Waals surface area contributed by atoms with Crippen molar-refractivity contribution in [3.05, 3.63) is 0 Å². The van der Waals surface area contributed by atoms with Crippen molar-refractivity contribution >= 4 is 5.91 Å². The fourth-order valence-electron chi connectivity index (χ4n) is 5.11. The largest absolute Gasteiger partial charge is 0.342 e. The molecule has 0 aromatic carbocycles. The Kier molecular flexibility index (Phi) is 4.19. The second-order valence-electron chi connectivity index (χ2n) is 8.59. The Labute approximate surface area is 135 Å². The van der Waals surface area contributed by atoms with Crippen LogP contribution in [-0.2, 0) is 4.79 Å². The van der Waals surface area contributed by atoms with E-state index in [1.54, 1.807) is 0 Å². The van der Waals surface area contributed by atoms with Gasteiger partial charge in [-0.2, -0.15) is 0 Å². The van der Waals surface area contributed by atoms with Crippen molar-refractivity contribution in [1.82, 2.24) is 9.80 Å². The highest BCUT2D eigenvalue weighted by Gasteiger charge is 2.41. The van der Waals surface area contributed by atoms with Crippen molar-refractivity contribution < 1.29 is 4.79 Å². The minimum absolute atomic E-state index is 0.366. The molecule has 1 amide bonds. The third-order valence-corrected chi connectivity index (χ3v) is 6.81. The van der Waals surface area contributed by atoms with Crippen LogP contribution < -0.4 is 0 Å². The normalized spacial score (nSPS) is 30.1. The lowest BCUT2D eigenvalue weighted by molar-refractivity contribution is -0.140. The first-order chi connectivity index (χ1) is 10.7. The van der Waals surface area contributed by atoms with Crippen LogP contribution >= 0.6 is 0 Å². The summed E-state index contributed by atoms with van der Waals surface area (Å²) in [4.78, 5) is 17.7. The predicted octanol–water partition coefficient (Wildman–Crippen LogP) is 3.29. The third-order valence-electron chi connectivity index (χ3n) is 6.81. The van der Waals surface area contributed by atoms with E-state index in [4.69, 9.17) is 0 Å². The minimum Gasteiger partial charge on any atom is -0.342 e. The Hall–Kier alpha value is -0.570. The Bertz CT molecular complexity index is 404. The number of nitrogens with zero attached hydrogens (tertiary/aromatic N) is 2. The van der Waals surface area contributed by atoms with Crippen LogP contribution in [0.1, 0.15) is 64.2 Å². The molecule has 22 heavy (non-hydrogen) atoms. The first-order valence-corrected chi connectivity index (χ1v) is 9.75. The molecule has 0 unspecified atom stereocenters. The molecule has 4 aliphatic rings. The van der Waals surface area contributed by atoms with E-state index >= 15 is 0 Å². The van der Waals surface area contributed by atoms with Gasteiger partial charge in [0, 0.05) is 25.6 Å². The smallest absolute Gasteiger partial charge is 0.225 e. The van der Waals surface area contributed by atoms with Gasteiger partial charge in [0.15, 0.2) is 0 Å². The van der Waals surface area contributed by atoms with Crippen molar-refractivity contribution in [1.29, 1.82) is 0 Å². The van der Waals surface area contributed by atoms with Gasteiger partial charge in [0.05, 0.1) is 0 Å². The van der Waals surface area contributed by atoms with Crippen LogP contribution in [-0.4, -0.2) is 48.4 Å². The molecule has 0 radical (unpaired) electrons. The van der Waals surface area contributed by atoms with E-state index in [0.717, 1.165) is 31.8 Å². The second kappa shape index (κ2) is 6.14. The number of hydrogen-bond acceptors (Lipinski definition) is 2. The van der Waals surface area contributed by atoms with E-state index in [1.807, 2.05) is 0 Å². The summed E-state index contributed by atoms with van der Waals surface area (Å²) in [7, 11) is 0. The van der Waals surface area contributed by atoms with E-state index in [9.17, 15) is 4.79 Å². The van der Waals surface area contributed by atoms with Gasteiger partial charge in [-0.1, -0.05) is 12.8 Å². The summed E-state index contributed by atoms with van der Waals surface area (Å²) in [6.07, 6.45) is 13.0. The Balaban J connectivity index is 1.33. The van der Waals surface area contributed by atoms with Gasteiger partial charge in [-0.15, -0.1) is 0 Å². The molecule has 0 aromatic heterocycles. The molecule has 3 heteroatoms. The molecule has 124 valence electrons. The topological polar surface area (TPSA) is 23.6 Å². The Morgan fingerprint density at radius 1 is 0.909 bits per heavy atom. The third kappa shape index (κ3) is 3.20. The zero-order valence-corrected chi connectivity index (χ0v) is 14.1. The van der Waals surface area contributed by atoms with Crippen LogP contribution in [0.15, 0.2) is 0 Å². The van der Waals surface area contributed by atoms with E-state index < -0.39 is 0 Å². The molecule has 0 aromatic rings. The Morgan fingerprint density at radius 2 is 1.64 bits per heavy atom. The highest BCUT2D eigenvalue weighted by molar-refractivity contribution is 5.79. The summed E-state index contributed by atoms with van der Waals surface area (Å²) < 4.78 is 0. The lowest BCUT2D eigenvalue weighted by Gasteiger charge is -2.48. The number of carbonyl (C=O) groups is 1. The molecule has 4 fully saturated rings. The maximum absolute atomic E-state index is 12.8. The van der Waals surface area contributed by atoms with E-state index in [-0.39, 0.29) is 0 Å². The monoisotopic (exact) mass is 304 g/mol. The number of piperidine rings is 2. The quantitative estimate of drug-likeness (QED) is 0.799. The number of likely N-dealkylation sites (tertiary alicyclic amines) is 2. The first-order valence-electron chi connectivity index (χ1n) is 9.75. The maximum Gasteiger partial charge on any atom is 0.225 e. The van der Waals surface area contributed by atoms with Crippen LogP contribution in [0.25, 0.3) is 0 Å². The molecule has 0 atom stereocenters. The van der Waals surface area contributed by atoms with Gasteiger partial charge in [0.2, 0.25) is 5.91 Å². The number of rotatable bonds is 3. The van der Waals surface area contributed by atoms with Crippen LogP contribution in [0.3, 0.4) is 0 Å². The zero-order valence-electron chi connectivity index (χ0n) is 14.1. The van der Waals surface area contributed by atoms with Gasteiger partial charge < -0.3 is 9.80 Å². The molecule has 1 spiro atoms. The van der Waals surface area contributed by atoms with Gasteiger partial charge in [-0.05, 0) is 75.8 Å². The summed E-state index contributed by atoms with van der Waals surface area (Å²) in [5, 5.41) is 0. The summed E-state index contributed by atoms with van der Waals surface area (Å²) in [6.45, 7) is 6.01. The van der Waals surface area contributed by atoms with Gasteiger partial charge in [-0.25, -0.2) is 0 Å². The number of carbonyl (C=O) groups excluding carboxylic acids is 1. The fraction of sp³-hybridized carbons (Fsp3) is 0.947. The SMILES string of the molecule is O=C(C1CCCC1)N1CCCC2(CCN(CC3CC3)CC2)C1. The van der Waals surface area contributed by atoms with E-state index in [2.05, 4.69) is 9.80 Å². The fourth-order valence-corrected chi connectivity index (χ4v) is 5.11. The van der Waals surface area contributed by atoms with Crippen molar-refractivity contribution in [3.63, 3.8) is 0 Å².